The van der Waals surface area contributed by atoms with Gasteiger partial charge in [-0.3, -0.25) is 9.59 Å². The van der Waals surface area contributed by atoms with Crippen molar-refractivity contribution in [1.82, 2.24) is 0 Å². The molecule has 3 heteroatoms. The average Bonchev–Trinajstić information content (AvgIpc) is 1.82. The monoisotopic (exact) mass is 160 g/mol. The van der Waals surface area contributed by atoms with Gasteiger partial charge in [-0.15, -0.1) is 0 Å². The van der Waals surface area contributed by atoms with Gasteiger partial charge in [0, 0.05) is 12.0 Å². The number of carbonyl (C=O) groups is 2. The minimum absolute atomic E-state index is 0.0151. The summed E-state index contributed by atoms with van der Waals surface area (Å²) < 4.78 is 0. The first kappa shape index (κ1) is 9.37. The summed E-state index contributed by atoms with van der Waals surface area (Å²) in [4.78, 5) is 21.0. The molecule has 0 heterocycles. The van der Waals surface area contributed by atoms with Crippen molar-refractivity contribution in [3.8, 4) is 0 Å². The summed E-state index contributed by atoms with van der Waals surface area (Å²) in [6.07, 6.45) is 1.79. The van der Waals surface area contributed by atoms with Crippen LogP contribution in [0.15, 0.2) is 11.6 Å². The Morgan fingerprint density at radius 2 is 2.10 bits per heavy atom. The molecule has 0 saturated heterocycles. The van der Waals surface area contributed by atoms with Gasteiger partial charge in [-0.25, -0.2) is 0 Å². The van der Waals surface area contributed by atoms with E-state index in [2.05, 4.69) is 0 Å². The quantitative estimate of drug-likeness (QED) is 0.587. The number of ketones is 2. The summed E-state index contributed by atoms with van der Waals surface area (Å²) in [7, 11) is 0. The van der Waals surface area contributed by atoms with Crippen LogP contribution < -0.4 is 0 Å². The van der Waals surface area contributed by atoms with Gasteiger partial charge in [-0.05, 0) is 6.92 Å². The van der Waals surface area contributed by atoms with Gasteiger partial charge in [0.05, 0.1) is 6.42 Å². The molecule has 0 bridgehead atoms. The molecule has 0 aromatic heterocycles. The molecule has 0 amide bonds. The maximum Gasteiger partial charge on any atom is 0.144 e. The lowest BCUT2D eigenvalue weighted by atomic mass is 10.2. The maximum atomic E-state index is 10.7. The number of carbonyl (C=O) groups excluding carboxylic acids is 2. The molecule has 0 radical (unpaired) electrons. The van der Waals surface area contributed by atoms with Gasteiger partial charge in [-0.1, -0.05) is 17.7 Å². The number of hydrogen-bond donors (Lipinski definition) is 0. The van der Waals surface area contributed by atoms with Crippen LogP contribution in [0.4, 0.5) is 0 Å². The molecule has 56 valence electrons. The second-order valence-electron chi connectivity index (χ2n) is 1.98. The summed E-state index contributed by atoms with van der Waals surface area (Å²) in [6, 6.07) is 0. The summed E-state index contributed by atoms with van der Waals surface area (Å²) in [5.74, 6) is -0.197. The second-order valence-corrected chi connectivity index (χ2v) is 2.24. The topological polar surface area (TPSA) is 34.1 Å². The Hall–Kier alpha value is -0.630. The second kappa shape index (κ2) is 5.18. The van der Waals surface area contributed by atoms with Crippen LogP contribution in [0.5, 0.6) is 0 Å². The summed E-state index contributed by atoms with van der Waals surface area (Å²) in [6.45, 7) is 1.39. The zero-order chi connectivity index (χ0) is 7.98. The first-order valence-electron chi connectivity index (χ1n) is 2.93. The Morgan fingerprint density at radius 3 is 2.50 bits per heavy atom. The van der Waals surface area contributed by atoms with Gasteiger partial charge in [0.25, 0.3) is 0 Å². The van der Waals surface area contributed by atoms with E-state index in [0.29, 0.717) is 0 Å². The van der Waals surface area contributed by atoms with Gasteiger partial charge < -0.3 is 0 Å². The molecule has 0 aromatic rings. The lowest BCUT2D eigenvalue weighted by Crippen LogP contribution is -2.02. The Bertz CT molecular complexity index is 161. The minimum atomic E-state index is -0.104. The minimum Gasteiger partial charge on any atom is -0.300 e. The number of allylic oxidation sites excluding steroid dienone is 1. The predicted molar refractivity (Wildman–Crippen MR) is 39.9 cm³/mol. The van der Waals surface area contributed by atoms with Crippen molar-refractivity contribution >= 4 is 23.2 Å². The summed E-state index contributed by atoms with van der Waals surface area (Å²) in [5.41, 5.74) is 1.28. The molecular weight excluding hydrogens is 152 g/mol. The standard InChI is InChI=1S/C7H9ClO2/c1-6(9)5-7(10)3-2-4-8/h2,4H,3,5H2,1H3. The van der Waals surface area contributed by atoms with Crippen molar-refractivity contribution in [2.24, 2.45) is 0 Å². The fraction of sp³-hybridized carbons (Fsp3) is 0.429. The summed E-state index contributed by atoms with van der Waals surface area (Å²) >= 11 is 5.16. The highest BCUT2D eigenvalue weighted by Crippen LogP contribution is 1.93. The van der Waals surface area contributed by atoms with E-state index in [4.69, 9.17) is 11.6 Å². The highest BCUT2D eigenvalue weighted by atomic mass is 35.5. The lowest BCUT2D eigenvalue weighted by molar-refractivity contribution is -0.125. The zero-order valence-electron chi connectivity index (χ0n) is 5.76. The Balaban J connectivity index is 3.54. The van der Waals surface area contributed by atoms with Crippen molar-refractivity contribution in [3.05, 3.63) is 11.6 Å². The van der Waals surface area contributed by atoms with Crippen LogP contribution >= 0.6 is 11.6 Å². The van der Waals surface area contributed by atoms with E-state index < -0.39 is 0 Å². The number of halogens is 1. The van der Waals surface area contributed by atoms with Gasteiger partial charge in [0.2, 0.25) is 0 Å². The van der Waals surface area contributed by atoms with Crippen molar-refractivity contribution in [3.63, 3.8) is 0 Å². The molecule has 10 heavy (non-hydrogen) atoms. The molecule has 0 aromatic carbocycles. The van der Waals surface area contributed by atoms with E-state index in [0.717, 1.165) is 0 Å². The maximum absolute atomic E-state index is 10.7. The van der Waals surface area contributed by atoms with E-state index in [9.17, 15) is 9.59 Å². The SMILES string of the molecule is CC(=O)CC(=O)CC=CCl. The normalized spacial score (nSPS) is 10.2. The van der Waals surface area contributed by atoms with Crippen LogP contribution in [-0.2, 0) is 9.59 Å². The molecule has 0 aliphatic heterocycles. The van der Waals surface area contributed by atoms with E-state index in [1.165, 1.54) is 18.5 Å². The molecule has 0 aliphatic rings. The van der Waals surface area contributed by atoms with Crippen molar-refractivity contribution in [2.45, 2.75) is 19.8 Å². The third-order valence-corrected chi connectivity index (χ3v) is 1.06. The smallest absolute Gasteiger partial charge is 0.144 e. The van der Waals surface area contributed by atoms with Gasteiger partial charge in [0.1, 0.15) is 11.6 Å². The average molecular weight is 161 g/mol. The van der Waals surface area contributed by atoms with Crippen LogP contribution in [0.3, 0.4) is 0 Å². The highest BCUT2D eigenvalue weighted by Gasteiger charge is 2.01. The summed E-state index contributed by atoms with van der Waals surface area (Å²) in [5, 5.41) is 0. The molecule has 0 unspecified atom stereocenters. The molecule has 0 rings (SSSR count). The van der Waals surface area contributed by atoms with Crippen LogP contribution in [0.25, 0.3) is 0 Å². The first-order chi connectivity index (χ1) is 4.66. The molecular formula is C7H9ClO2. The first-order valence-corrected chi connectivity index (χ1v) is 3.37. The van der Waals surface area contributed by atoms with Gasteiger partial charge in [-0.2, -0.15) is 0 Å². The van der Waals surface area contributed by atoms with Gasteiger partial charge >= 0.3 is 0 Å². The zero-order valence-corrected chi connectivity index (χ0v) is 6.52. The van der Waals surface area contributed by atoms with Crippen molar-refractivity contribution in [2.75, 3.05) is 0 Å². The van der Waals surface area contributed by atoms with Crippen LogP contribution in [-0.4, -0.2) is 11.6 Å². The molecule has 0 atom stereocenters. The van der Waals surface area contributed by atoms with Crippen LogP contribution in [0.1, 0.15) is 19.8 Å². The number of hydrogen-bond acceptors (Lipinski definition) is 2. The molecule has 0 fully saturated rings. The fourth-order valence-electron chi connectivity index (χ4n) is 0.526. The number of rotatable bonds is 4. The largest absolute Gasteiger partial charge is 0.300 e. The predicted octanol–water partition coefficient (Wildman–Crippen LogP) is 1.68. The van der Waals surface area contributed by atoms with E-state index in [1.807, 2.05) is 0 Å². The van der Waals surface area contributed by atoms with E-state index >= 15 is 0 Å². The lowest BCUT2D eigenvalue weighted by Gasteiger charge is -1.89. The molecule has 0 spiro atoms. The Morgan fingerprint density at radius 1 is 1.50 bits per heavy atom. The molecule has 0 saturated carbocycles. The van der Waals surface area contributed by atoms with Crippen molar-refractivity contribution in [1.29, 1.82) is 0 Å². The third kappa shape index (κ3) is 5.51. The van der Waals surface area contributed by atoms with Crippen LogP contribution in [0.2, 0.25) is 0 Å². The number of Topliss-reactive ketones (excluding diaryl/α,β-unsaturated/α-hetero) is 2. The van der Waals surface area contributed by atoms with E-state index in [-0.39, 0.29) is 24.4 Å². The Kier molecular flexibility index (Phi) is 4.85. The third-order valence-electron chi connectivity index (χ3n) is 0.881. The van der Waals surface area contributed by atoms with Gasteiger partial charge in [0.15, 0.2) is 0 Å². The molecule has 0 aliphatic carbocycles. The highest BCUT2D eigenvalue weighted by molar-refractivity contribution is 6.25. The fourth-order valence-corrected chi connectivity index (χ4v) is 0.615. The Labute approximate surface area is 64.9 Å². The van der Waals surface area contributed by atoms with Crippen LogP contribution in [0, 0.1) is 0 Å². The molecule has 0 N–H and O–H groups in total. The molecule has 2 nitrogen and oxygen atoms in total. The van der Waals surface area contributed by atoms with Crippen molar-refractivity contribution < 1.29 is 9.59 Å². The van der Waals surface area contributed by atoms with E-state index in [1.54, 1.807) is 0 Å².